The Bertz CT molecular complexity index is 493. The van der Waals surface area contributed by atoms with Crippen molar-refractivity contribution in [1.82, 2.24) is 9.78 Å². The number of hydrogen-bond donors (Lipinski definition) is 1. The third kappa shape index (κ3) is 3.03. The minimum atomic E-state index is 0.771. The third-order valence-electron chi connectivity index (χ3n) is 2.78. The summed E-state index contributed by atoms with van der Waals surface area (Å²) < 4.78 is 7.23. The highest BCUT2D eigenvalue weighted by atomic mass is 16.5. The summed E-state index contributed by atoms with van der Waals surface area (Å²) in [6, 6.07) is 9.98. The Balaban J connectivity index is 1.99. The summed E-state index contributed by atoms with van der Waals surface area (Å²) in [6.45, 7) is 3.89. The maximum Gasteiger partial charge on any atom is 0.120 e. The second-order valence-electron chi connectivity index (χ2n) is 4.13. The van der Waals surface area contributed by atoms with Crippen molar-refractivity contribution in [1.29, 1.82) is 0 Å². The van der Waals surface area contributed by atoms with Gasteiger partial charge in [0, 0.05) is 24.5 Å². The Morgan fingerprint density at radius 3 is 3.00 bits per heavy atom. The molecule has 1 heterocycles. The fraction of sp³-hybridized carbons (Fsp3) is 0.357. The standard InChI is InChI=1S/C14H19N3O/c1-3-9-17-13(7-8-16-17)11-15-12-5-4-6-14(10-12)18-2/h4-8,10,15H,3,9,11H2,1-2H3. The van der Waals surface area contributed by atoms with Crippen LogP contribution in [0.5, 0.6) is 5.75 Å². The lowest BCUT2D eigenvalue weighted by Gasteiger charge is -2.09. The highest BCUT2D eigenvalue weighted by Gasteiger charge is 2.01. The van der Waals surface area contributed by atoms with Gasteiger partial charge in [-0.25, -0.2) is 0 Å². The van der Waals surface area contributed by atoms with E-state index >= 15 is 0 Å². The van der Waals surface area contributed by atoms with Crippen molar-refractivity contribution in [2.45, 2.75) is 26.4 Å². The Kier molecular flexibility index (Phi) is 4.23. The molecular formula is C14H19N3O. The molecule has 0 aliphatic carbocycles. The zero-order valence-corrected chi connectivity index (χ0v) is 10.9. The first-order chi connectivity index (χ1) is 8.83. The molecule has 0 aliphatic heterocycles. The highest BCUT2D eigenvalue weighted by Crippen LogP contribution is 2.17. The van der Waals surface area contributed by atoms with Gasteiger partial charge in [0.25, 0.3) is 0 Å². The van der Waals surface area contributed by atoms with Crippen LogP contribution in [-0.4, -0.2) is 16.9 Å². The smallest absolute Gasteiger partial charge is 0.120 e. The van der Waals surface area contributed by atoms with E-state index in [9.17, 15) is 0 Å². The Hall–Kier alpha value is -1.97. The van der Waals surface area contributed by atoms with Crippen molar-refractivity contribution in [3.63, 3.8) is 0 Å². The third-order valence-corrected chi connectivity index (χ3v) is 2.78. The number of aryl methyl sites for hydroxylation is 1. The van der Waals surface area contributed by atoms with Gasteiger partial charge < -0.3 is 10.1 Å². The van der Waals surface area contributed by atoms with E-state index in [1.165, 1.54) is 5.69 Å². The van der Waals surface area contributed by atoms with Crippen LogP contribution >= 0.6 is 0 Å². The van der Waals surface area contributed by atoms with Gasteiger partial charge in [0.1, 0.15) is 5.75 Å². The van der Waals surface area contributed by atoms with E-state index in [4.69, 9.17) is 4.74 Å². The topological polar surface area (TPSA) is 39.1 Å². The van der Waals surface area contributed by atoms with E-state index in [2.05, 4.69) is 17.3 Å². The number of nitrogens with zero attached hydrogens (tertiary/aromatic N) is 2. The van der Waals surface area contributed by atoms with E-state index in [0.717, 1.165) is 30.9 Å². The molecule has 0 bridgehead atoms. The van der Waals surface area contributed by atoms with Crippen LogP contribution in [0.1, 0.15) is 19.0 Å². The summed E-state index contributed by atoms with van der Waals surface area (Å²) in [5.41, 5.74) is 2.25. The average molecular weight is 245 g/mol. The van der Waals surface area contributed by atoms with Crippen LogP contribution in [0.25, 0.3) is 0 Å². The van der Waals surface area contributed by atoms with Crippen molar-refractivity contribution in [2.75, 3.05) is 12.4 Å². The molecule has 96 valence electrons. The van der Waals surface area contributed by atoms with Gasteiger partial charge in [-0.2, -0.15) is 5.10 Å². The molecule has 1 aromatic heterocycles. The zero-order chi connectivity index (χ0) is 12.8. The minimum Gasteiger partial charge on any atom is -0.497 e. The number of rotatable bonds is 6. The van der Waals surface area contributed by atoms with Crippen molar-refractivity contribution in [3.05, 3.63) is 42.2 Å². The van der Waals surface area contributed by atoms with Gasteiger partial charge in [-0.15, -0.1) is 0 Å². The molecule has 18 heavy (non-hydrogen) atoms. The average Bonchev–Trinajstić information content (AvgIpc) is 2.85. The summed E-state index contributed by atoms with van der Waals surface area (Å²) in [4.78, 5) is 0. The quantitative estimate of drug-likeness (QED) is 0.850. The summed E-state index contributed by atoms with van der Waals surface area (Å²) in [6.07, 6.45) is 2.94. The molecule has 0 saturated carbocycles. The van der Waals surface area contributed by atoms with Crippen molar-refractivity contribution in [2.24, 2.45) is 0 Å². The van der Waals surface area contributed by atoms with Crippen LogP contribution in [-0.2, 0) is 13.1 Å². The normalized spacial score (nSPS) is 10.3. The Labute approximate surface area is 108 Å². The second-order valence-corrected chi connectivity index (χ2v) is 4.13. The van der Waals surface area contributed by atoms with Crippen molar-refractivity contribution >= 4 is 5.69 Å². The van der Waals surface area contributed by atoms with E-state index in [-0.39, 0.29) is 0 Å². The van der Waals surface area contributed by atoms with E-state index in [1.807, 2.05) is 41.2 Å². The van der Waals surface area contributed by atoms with Gasteiger partial charge in [-0.05, 0) is 24.6 Å². The zero-order valence-electron chi connectivity index (χ0n) is 10.9. The Morgan fingerprint density at radius 2 is 2.22 bits per heavy atom. The van der Waals surface area contributed by atoms with Crippen LogP contribution in [0.3, 0.4) is 0 Å². The molecule has 0 aliphatic rings. The van der Waals surface area contributed by atoms with Crippen LogP contribution < -0.4 is 10.1 Å². The first-order valence-corrected chi connectivity index (χ1v) is 6.22. The molecule has 4 nitrogen and oxygen atoms in total. The molecule has 1 N–H and O–H groups in total. The number of nitrogens with one attached hydrogen (secondary N) is 1. The lowest BCUT2D eigenvalue weighted by molar-refractivity contribution is 0.415. The van der Waals surface area contributed by atoms with Gasteiger partial charge in [0.15, 0.2) is 0 Å². The molecule has 1 aromatic carbocycles. The maximum absolute atomic E-state index is 5.20. The van der Waals surface area contributed by atoms with Gasteiger partial charge in [0.05, 0.1) is 19.3 Å². The van der Waals surface area contributed by atoms with Gasteiger partial charge >= 0.3 is 0 Å². The minimum absolute atomic E-state index is 0.771. The van der Waals surface area contributed by atoms with E-state index < -0.39 is 0 Å². The lowest BCUT2D eigenvalue weighted by Crippen LogP contribution is -2.08. The lowest BCUT2D eigenvalue weighted by atomic mass is 10.3. The molecule has 0 radical (unpaired) electrons. The van der Waals surface area contributed by atoms with Gasteiger partial charge in [0.2, 0.25) is 0 Å². The monoisotopic (exact) mass is 245 g/mol. The number of benzene rings is 1. The van der Waals surface area contributed by atoms with Crippen LogP contribution in [0.4, 0.5) is 5.69 Å². The summed E-state index contributed by atoms with van der Waals surface area (Å²) in [7, 11) is 1.68. The number of hydrogen-bond acceptors (Lipinski definition) is 3. The fourth-order valence-corrected chi connectivity index (χ4v) is 1.85. The molecular weight excluding hydrogens is 226 g/mol. The van der Waals surface area contributed by atoms with Crippen LogP contribution in [0.2, 0.25) is 0 Å². The summed E-state index contributed by atoms with van der Waals surface area (Å²) in [5.74, 6) is 0.863. The molecule has 2 aromatic rings. The van der Waals surface area contributed by atoms with Gasteiger partial charge in [-0.1, -0.05) is 13.0 Å². The predicted molar refractivity (Wildman–Crippen MR) is 72.8 cm³/mol. The maximum atomic E-state index is 5.20. The number of ether oxygens (including phenoxy) is 1. The van der Waals surface area contributed by atoms with Crippen LogP contribution in [0, 0.1) is 0 Å². The summed E-state index contributed by atoms with van der Waals surface area (Å²) >= 11 is 0. The molecule has 0 amide bonds. The molecule has 4 heteroatoms. The first kappa shape index (κ1) is 12.5. The van der Waals surface area contributed by atoms with Gasteiger partial charge in [-0.3, -0.25) is 4.68 Å². The largest absolute Gasteiger partial charge is 0.497 e. The second kappa shape index (κ2) is 6.10. The molecule has 0 unspecified atom stereocenters. The number of aromatic nitrogens is 2. The summed E-state index contributed by atoms with van der Waals surface area (Å²) in [5, 5.41) is 7.68. The molecule has 2 rings (SSSR count). The molecule has 0 fully saturated rings. The molecule has 0 saturated heterocycles. The van der Waals surface area contributed by atoms with Crippen molar-refractivity contribution < 1.29 is 4.74 Å². The SMILES string of the molecule is CCCn1nccc1CNc1cccc(OC)c1. The predicted octanol–water partition coefficient (Wildman–Crippen LogP) is 2.91. The van der Waals surface area contributed by atoms with Crippen molar-refractivity contribution in [3.8, 4) is 5.75 Å². The number of anilines is 1. The first-order valence-electron chi connectivity index (χ1n) is 6.22. The number of methoxy groups -OCH3 is 1. The van der Waals surface area contributed by atoms with E-state index in [1.54, 1.807) is 7.11 Å². The molecule has 0 atom stereocenters. The Morgan fingerprint density at radius 1 is 1.33 bits per heavy atom. The van der Waals surface area contributed by atoms with E-state index in [0.29, 0.717) is 0 Å². The molecule has 0 spiro atoms. The van der Waals surface area contributed by atoms with Crippen LogP contribution in [0.15, 0.2) is 36.5 Å². The fourth-order valence-electron chi connectivity index (χ4n) is 1.85. The highest BCUT2D eigenvalue weighted by molar-refractivity contribution is 5.48.